The largest absolute Gasteiger partial charge is 0.480 e. The highest BCUT2D eigenvalue weighted by molar-refractivity contribution is 7.15. The van der Waals surface area contributed by atoms with Crippen LogP contribution in [-0.2, 0) is 11.3 Å². The Morgan fingerprint density at radius 1 is 1.39 bits per heavy atom. The van der Waals surface area contributed by atoms with E-state index in [0.717, 1.165) is 34.8 Å². The monoisotopic (exact) mass is 330 g/mol. The van der Waals surface area contributed by atoms with Gasteiger partial charge in [-0.05, 0) is 30.9 Å². The minimum absolute atomic E-state index is 0.342. The summed E-state index contributed by atoms with van der Waals surface area (Å²) in [5.41, 5.74) is 2.45. The van der Waals surface area contributed by atoms with Gasteiger partial charge in [0.05, 0.1) is 0 Å². The zero-order valence-corrected chi connectivity index (χ0v) is 14.3. The summed E-state index contributed by atoms with van der Waals surface area (Å²) in [4.78, 5) is 18.9. The Morgan fingerprint density at radius 2 is 2.13 bits per heavy atom. The minimum Gasteiger partial charge on any atom is -0.480 e. The van der Waals surface area contributed by atoms with Crippen LogP contribution in [0.2, 0.25) is 0 Å². The summed E-state index contributed by atoms with van der Waals surface area (Å²) in [6, 6.07) is 8.21. The van der Waals surface area contributed by atoms with Crippen molar-refractivity contribution in [1.82, 2.24) is 9.88 Å². The molecule has 1 saturated heterocycles. The summed E-state index contributed by atoms with van der Waals surface area (Å²) in [5.74, 6) is -0.185. The lowest BCUT2D eigenvalue weighted by Gasteiger charge is -2.19. The summed E-state index contributed by atoms with van der Waals surface area (Å²) in [7, 11) is 0. The van der Waals surface area contributed by atoms with Crippen LogP contribution in [0.3, 0.4) is 0 Å². The number of carboxylic acid groups (broad SMARTS) is 1. The molecule has 0 bridgehead atoms. The van der Waals surface area contributed by atoms with Gasteiger partial charge in [-0.1, -0.05) is 38.1 Å². The number of carbonyl (C=O) groups is 1. The SMILES string of the molecule is CC(C)c1ccc(-c2ncc(CN3CCCC3C(=O)O)s2)cc1. The third-order valence-corrected chi connectivity index (χ3v) is 5.42. The number of hydrogen-bond donors (Lipinski definition) is 1. The molecule has 0 radical (unpaired) electrons. The van der Waals surface area contributed by atoms with Gasteiger partial charge in [-0.25, -0.2) is 4.98 Å². The van der Waals surface area contributed by atoms with Gasteiger partial charge in [0.15, 0.2) is 0 Å². The predicted molar refractivity (Wildman–Crippen MR) is 92.7 cm³/mol. The second-order valence-electron chi connectivity index (χ2n) is 6.38. The number of nitrogens with zero attached hydrogens (tertiary/aromatic N) is 2. The Morgan fingerprint density at radius 3 is 2.78 bits per heavy atom. The molecule has 122 valence electrons. The number of hydrogen-bond acceptors (Lipinski definition) is 4. The number of aliphatic carboxylic acids is 1. The Hall–Kier alpha value is -1.72. The molecule has 1 atom stereocenters. The van der Waals surface area contributed by atoms with Crippen molar-refractivity contribution in [2.75, 3.05) is 6.54 Å². The summed E-state index contributed by atoms with van der Waals surface area (Å²) in [6.45, 7) is 5.91. The van der Waals surface area contributed by atoms with Gasteiger partial charge in [-0.15, -0.1) is 11.3 Å². The average molecular weight is 330 g/mol. The van der Waals surface area contributed by atoms with Crippen molar-refractivity contribution >= 4 is 17.3 Å². The third-order valence-electron chi connectivity index (χ3n) is 4.39. The minimum atomic E-state index is -0.712. The smallest absolute Gasteiger partial charge is 0.320 e. The van der Waals surface area contributed by atoms with E-state index in [2.05, 4.69) is 43.1 Å². The molecule has 2 aromatic rings. The van der Waals surface area contributed by atoms with Crippen LogP contribution in [0.15, 0.2) is 30.5 Å². The quantitative estimate of drug-likeness (QED) is 0.901. The summed E-state index contributed by atoms with van der Waals surface area (Å²) >= 11 is 1.66. The number of likely N-dealkylation sites (tertiary alicyclic amines) is 1. The molecule has 1 aromatic heterocycles. The fourth-order valence-electron chi connectivity index (χ4n) is 3.02. The molecular formula is C18H22N2O2S. The lowest BCUT2D eigenvalue weighted by Crippen LogP contribution is -2.35. The first-order chi connectivity index (χ1) is 11.0. The van der Waals surface area contributed by atoms with E-state index >= 15 is 0 Å². The van der Waals surface area contributed by atoms with Crippen molar-refractivity contribution in [3.8, 4) is 10.6 Å². The van der Waals surface area contributed by atoms with E-state index in [1.807, 2.05) is 11.1 Å². The molecule has 1 fully saturated rings. The number of benzene rings is 1. The molecule has 1 N–H and O–H groups in total. The molecule has 4 nitrogen and oxygen atoms in total. The first kappa shape index (κ1) is 16.1. The highest BCUT2D eigenvalue weighted by Crippen LogP contribution is 2.29. The highest BCUT2D eigenvalue weighted by Gasteiger charge is 2.30. The van der Waals surface area contributed by atoms with Crippen LogP contribution in [0, 0.1) is 0 Å². The van der Waals surface area contributed by atoms with Gasteiger partial charge in [0, 0.05) is 23.2 Å². The molecule has 0 saturated carbocycles. The van der Waals surface area contributed by atoms with Crippen LogP contribution in [0.1, 0.15) is 43.0 Å². The van der Waals surface area contributed by atoms with E-state index in [4.69, 9.17) is 0 Å². The van der Waals surface area contributed by atoms with Gasteiger partial charge >= 0.3 is 5.97 Å². The maximum atomic E-state index is 11.3. The molecule has 2 heterocycles. The van der Waals surface area contributed by atoms with Crippen LogP contribution in [0.5, 0.6) is 0 Å². The second-order valence-corrected chi connectivity index (χ2v) is 7.49. The first-order valence-electron chi connectivity index (χ1n) is 8.06. The standard InChI is InChI=1S/C18H22N2O2S/c1-12(2)13-5-7-14(8-6-13)17-19-10-15(23-17)11-20-9-3-4-16(20)18(21)22/h5-8,10,12,16H,3-4,9,11H2,1-2H3,(H,21,22). The van der Waals surface area contributed by atoms with E-state index in [-0.39, 0.29) is 6.04 Å². The molecule has 0 aliphatic carbocycles. The molecule has 1 aliphatic rings. The molecule has 1 aliphatic heterocycles. The first-order valence-corrected chi connectivity index (χ1v) is 8.88. The van der Waals surface area contributed by atoms with Crippen molar-refractivity contribution < 1.29 is 9.90 Å². The maximum absolute atomic E-state index is 11.3. The fraction of sp³-hybridized carbons (Fsp3) is 0.444. The van der Waals surface area contributed by atoms with E-state index in [0.29, 0.717) is 12.5 Å². The Bertz CT molecular complexity index is 679. The molecule has 1 unspecified atom stereocenters. The van der Waals surface area contributed by atoms with E-state index in [1.54, 1.807) is 11.3 Å². The van der Waals surface area contributed by atoms with Gasteiger partial charge in [0.1, 0.15) is 11.0 Å². The highest BCUT2D eigenvalue weighted by atomic mass is 32.1. The Kier molecular flexibility index (Phi) is 4.78. The lowest BCUT2D eigenvalue weighted by molar-refractivity contribution is -0.142. The van der Waals surface area contributed by atoms with Crippen molar-refractivity contribution in [2.24, 2.45) is 0 Å². The van der Waals surface area contributed by atoms with Crippen molar-refractivity contribution in [3.05, 3.63) is 40.9 Å². The van der Waals surface area contributed by atoms with Crippen molar-refractivity contribution in [1.29, 1.82) is 0 Å². The zero-order chi connectivity index (χ0) is 16.4. The van der Waals surface area contributed by atoms with Gasteiger partial charge in [0.2, 0.25) is 0 Å². The molecular weight excluding hydrogens is 308 g/mol. The van der Waals surface area contributed by atoms with Gasteiger partial charge < -0.3 is 5.11 Å². The summed E-state index contributed by atoms with van der Waals surface area (Å²) in [6.07, 6.45) is 3.59. The number of aromatic nitrogens is 1. The van der Waals surface area contributed by atoms with Crippen molar-refractivity contribution in [2.45, 2.75) is 45.2 Å². The molecule has 0 spiro atoms. The van der Waals surface area contributed by atoms with Crippen LogP contribution < -0.4 is 0 Å². The van der Waals surface area contributed by atoms with Crippen LogP contribution in [0.4, 0.5) is 0 Å². The summed E-state index contributed by atoms with van der Waals surface area (Å²) < 4.78 is 0. The van der Waals surface area contributed by atoms with E-state index in [9.17, 15) is 9.90 Å². The van der Waals surface area contributed by atoms with E-state index < -0.39 is 5.97 Å². The van der Waals surface area contributed by atoms with Gasteiger partial charge in [-0.3, -0.25) is 9.69 Å². The molecule has 23 heavy (non-hydrogen) atoms. The topological polar surface area (TPSA) is 53.4 Å². The predicted octanol–water partition coefficient (Wildman–Crippen LogP) is 3.98. The second kappa shape index (κ2) is 6.81. The molecule has 5 heteroatoms. The zero-order valence-electron chi connectivity index (χ0n) is 13.5. The third kappa shape index (κ3) is 3.62. The van der Waals surface area contributed by atoms with Gasteiger partial charge in [0.25, 0.3) is 0 Å². The van der Waals surface area contributed by atoms with Crippen LogP contribution in [-0.4, -0.2) is 33.5 Å². The fourth-order valence-corrected chi connectivity index (χ4v) is 3.96. The summed E-state index contributed by atoms with van der Waals surface area (Å²) in [5, 5.41) is 10.3. The van der Waals surface area contributed by atoms with Crippen LogP contribution in [0.25, 0.3) is 10.6 Å². The van der Waals surface area contributed by atoms with Crippen LogP contribution >= 0.6 is 11.3 Å². The molecule has 0 amide bonds. The van der Waals surface area contributed by atoms with Gasteiger partial charge in [-0.2, -0.15) is 0 Å². The van der Waals surface area contributed by atoms with E-state index in [1.165, 1.54) is 5.56 Å². The number of carboxylic acids is 1. The normalized spacial score (nSPS) is 18.7. The van der Waals surface area contributed by atoms with Crippen molar-refractivity contribution in [3.63, 3.8) is 0 Å². The Labute approximate surface area is 140 Å². The molecule has 1 aromatic carbocycles. The lowest BCUT2D eigenvalue weighted by atomic mass is 10.0. The number of rotatable bonds is 5. The Balaban J connectivity index is 1.71. The maximum Gasteiger partial charge on any atom is 0.320 e. The average Bonchev–Trinajstić information content (AvgIpc) is 3.17. The number of thiazole rings is 1. The molecule has 3 rings (SSSR count).